The molecule has 1 aromatic carbocycles. The molecule has 0 radical (unpaired) electrons. The summed E-state index contributed by atoms with van der Waals surface area (Å²) in [6.07, 6.45) is 4.47. The minimum atomic E-state index is -0.678. The van der Waals surface area contributed by atoms with Gasteiger partial charge < -0.3 is 10.6 Å². The van der Waals surface area contributed by atoms with Gasteiger partial charge in [0.1, 0.15) is 11.6 Å². The van der Waals surface area contributed by atoms with E-state index in [1.54, 1.807) is 0 Å². The molecular weight excluding hydrogens is 364 g/mol. The second-order valence-electron chi connectivity index (χ2n) is 8.30. The number of halogens is 2. The third-order valence-electron chi connectivity index (χ3n) is 4.47. The lowest BCUT2D eigenvalue weighted by Gasteiger charge is -2.32. The average Bonchev–Trinajstić information content (AvgIpc) is 2.57. The Morgan fingerprint density at radius 2 is 1.75 bits per heavy atom. The van der Waals surface area contributed by atoms with Crippen molar-refractivity contribution in [3.8, 4) is 0 Å². The smallest absolute Gasteiger partial charge is 0.244 e. The molecule has 1 saturated heterocycles. The van der Waals surface area contributed by atoms with Gasteiger partial charge in [0, 0.05) is 24.2 Å². The lowest BCUT2D eigenvalue weighted by atomic mass is 9.96. The molecule has 7 heteroatoms. The molecule has 1 aliphatic rings. The van der Waals surface area contributed by atoms with E-state index in [4.69, 9.17) is 0 Å². The summed E-state index contributed by atoms with van der Waals surface area (Å²) < 4.78 is 26.3. The molecule has 1 aromatic rings. The van der Waals surface area contributed by atoms with Crippen molar-refractivity contribution in [3.63, 3.8) is 0 Å². The number of benzene rings is 1. The molecule has 2 N–H and O–H groups in total. The predicted molar refractivity (Wildman–Crippen MR) is 105 cm³/mol. The zero-order valence-electron chi connectivity index (χ0n) is 16.7. The highest BCUT2D eigenvalue weighted by atomic mass is 19.1. The summed E-state index contributed by atoms with van der Waals surface area (Å²) in [4.78, 5) is 26.0. The van der Waals surface area contributed by atoms with Crippen LogP contribution in [0.5, 0.6) is 0 Å². The van der Waals surface area contributed by atoms with Crippen LogP contribution in [-0.2, 0) is 9.59 Å². The number of amides is 2. The highest BCUT2D eigenvalue weighted by Gasteiger charge is 2.22. The number of carbonyl (C=O) groups excluding carboxylic acids is 2. The van der Waals surface area contributed by atoms with E-state index in [0.29, 0.717) is 24.6 Å². The fourth-order valence-electron chi connectivity index (χ4n) is 3.16. The summed E-state index contributed by atoms with van der Waals surface area (Å²) in [5.74, 6) is -1.27. The molecule has 0 bridgehead atoms. The summed E-state index contributed by atoms with van der Waals surface area (Å²) in [7, 11) is 0. The van der Waals surface area contributed by atoms with E-state index >= 15 is 0 Å². The van der Waals surface area contributed by atoms with Gasteiger partial charge in [0.15, 0.2) is 0 Å². The topological polar surface area (TPSA) is 61.4 Å². The van der Waals surface area contributed by atoms with Crippen LogP contribution in [0, 0.1) is 17.6 Å². The Morgan fingerprint density at radius 3 is 2.32 bits per heavy atom. The first-order valence-corrected chi connectivity index (χ1v) is 9.56. The van der Waals surface area contributed by atoms with E-state index < -0.39 is 11.6 Å². The predicted octanol–water partition coefficient (Wildman–Crippen LogP) is 2.72. The van der Waals surface area contributed by atoms with Crippen molar-refractivity contribution in [1.29, 1.82) is 0 Å². The van der Waals surface area contributed by atoms with Gasteiger partial charge in [-0.3, -0.25) is 14.5 Å². The third kappa shape index (κ3) is 8.17. The molecule has 2 amide bonds. The number of hydrogen-bond donors (Lipinski definition) is 2. The van der Waals surface area contributed by atoms with Crippen molar-refractivity contribution in [1.82, 2.24) is 15.5 Å². The summed E-state index contributed by atoms with van der Waals surface area (Å²) in [5, 5.41) is 5.79. The summed E-state index contributed by atoms with van der Waals surface area (Å²) >= 11 is 0. The molecule has 1 aliphatic heterocycles. The van der Waals surface area contributed by atoms with E-state index in [1.807, 2.05) is 20.8 Å². The first-order valence-electron chi connectivity index (χ1n) is 9.56. The number of nitrogens with zero attached hydrogens (tertiary/aromatic N) is 1. The normalized spacial score (nSPS) is 16.3. The van der Waals surface area contributed by atoms with Crippen LogP contribution in [0.1, 0.15) is 39.2 Å². The van der Waals surface area contributed by atoms with Crippen LogP contribution in [0.15, 0.2) is 24.3 Å². The van der Waals surface area contributed by atoms with E-state index in [9.17, 15) is 18.4 Å². The van der Waals surface area contributed by atoms with Gasteiger partial charge in [-0.05, 0) is 76.4 Å². The van der Waals surface area contributed by atoms with Crippen LogP contribution in [-0.4, -0.2) is 48.4 Å². The van der Waals surface area contributed by atoms with Crippen molar-refractivity contribution < 1.29 is 18.4 Å². The van der Waals surface area contributed by atoms with Gasteiger partial charge in [0.05, 0.1) is 6.54 Å². The van der Waals surface area contributed by atoms with Gasteiger partial charge in [-0.15, -0.1) is 0 Å². The minimum Gasteiger partial charge on any atom is -0.352 e. The monoisotopic (exact) mass is 393 g/mol. The lowest BCUT2D eigenvalue weighted by molar-refractivity contribution is -0.124. The third-order valence-corrected chi connectivity index (χ3v) is 4.47. The molecule has 154 valence electrons. The molecule has 2 rings (SSSR count). The minimum absolute atomic E-state index is 0.0261. The Morgan fingerprint density at radius 1 is 1.14 bits per heavy atom. The number of nitrogens with one attached hydrogen (secondary N) is 2. The largest absolute Gasteiger partial charge is 0.352 e. The Bertz CT molecular complexity index is 701. The number of rotatable bonds is 6. The number of piperidine rings is 1. The fourth-order valence-corrected chi connectivity index (χ4v) is 3.16. The number of likely N-dealkylation sites (tertiary alicyclic amines) is 1. The van der Waals surface area contributed by atoms with Crippen molar-refractivity contribution >= 4 is 17.9 Å². The van der Waals surface area contributed by atoms with Crippen molar-refractivity contribution in [2.45, 2.75) is 39.2 Å². The molecule has 0 saturated carbocycles. The van der Waals surface area contributed by atoms with Crippen LogP contribution < -0.4 is 10.6 Å². The van der Waals surface area contributed by atoms with Crippen molar-refractivity contribution in [2.75, 3.05) is 26.2 Å². The highest BCUT2D eigenvalue weighted by molar-refractivity contribution is 5.91. The van der Waals surface area contributed by atoms with Crippen LogP contribution >= 0.6 is 0 Å². The van der Waals surface area contributed by atoms with Gasteiger partial charge in [0.25, 0.3) is 0 Å². The molecule has 0 spiro atoms. The maximum atomic E-state index is 13.1. The summed E-state index contributed by atoms with van der Waals surface area (Å²) in [6.45, 7) is 8.44. The first-order chi connectivity index (χ1) is 13.1. The molecule has 1 fully saturated rings. The molecule has 0 aliphatic carbocycles. The zero-order chi connectivity index (χ0) is 20.7. The fraction of sp³-hybridized carbons (Fsp3) is 0.524. The Labute approximate surface area is 165 Å². The second-order valence-corrected chi connectivity index (χ2v) is 8.30. The maximum Gasteiger partial charge on any atom is 0.244 e. The van der Waals surface area contributed by atoms with E-state index in [1.165, 1.54) is 24.3 Å². The first kappa shape index (κ1) is 22.0. The number of hydrogen-bond acceptors (Lipinski definition) is 3. The lowest BCUT2D eigenvalue weighted by Crippen LogP contribution is -2.48. The van der Waals surface area contributed by atoms with Gasteiger partial charge in [-0.1, -0.05) is 0 Å². The number of carbonyl (C=O) groups is 2. The van der Waals surface area contributed by atoms with Crippen molar-refractivity contribution in [2.24, 2.45) is 5.92 Å². The van der Waals surface area contributed by atoms with Gasteiger partial charge in [-0.2, -0.15) is 0 Å². The van der Waals surface area contributed by atoms with E-state index in [-0.39, 0.29) is 17.4 Å². The molecule has 5 nitrogen and oxygen atoms in total. The molecule has 1 heterocycles. The summed E-state index contributed by atoms with van der Waals surface area (Å²) in [6, 6.07) is 3.12. The van der Waals surface area contributed by atoms with Gasteiger partial charge in [0.2, 0.25) is 11.8 Å². The van der Waals surface area contributed by atoms with Crippen LogP contribution in [0.4, 0.5) is 8.78 Å². The molecular formula is C21H29F2N3O2. The molecule has 0 unspecified atom stereocenters. The average molecular weight is 393 g/mol. The van der Waals surface area contributed by atoms with Gasteiger partial charge >= 0.3 is 0 Å². The second kappa shape index (κ2) is 9.78. The quantitative estimate of drug-likeness (QED) is 0.731. The highest BCUT2D eigenvalue weighted by Crippen LogP contribution is 2.16. The Balaban J connectivity index is 1.69. The zero-order valence-corrected chi connectivity index (χ0v) is 16.7. The van der Waals surface area contributed by atoms with E-state index in [0.717, 1.165) is 32.0 Å². The molecule has 0 atom stereocenters. The van der Waals surface area contributed by atoms with Gasteiger partial charge in [-0.25, -0.2) is 8.78 Å². The maximum absolute atomic E-state index is 13.1. The SMILES string of the molecule is CC(C)(C)NC(=O)CN1CCC(CNC(=O)/C=C/c2cc(F)cc(F)c2)CC1. The van der Waals surface area contributed by atoms with Crippen molar-refractivity contribution in [3.05, 3.63) is 41.5 Å². The Hall–Kier alpha value is -2.28. The standard InChI is InChI=1S/C21H29F2N3O2/c1-21(2,3)25-20(28)14-26-8-6-15(7-9-26)13-24-19(27)5-4-16-10-17(22)12-18(23)11-16/h4-5,10-12,15H,6-9,13-14H2,1-3H3,(H,24,27)(H,25,28)/b5-4+. The van der Waals surface area contributed by atoms with Crippen LogP contribution in [0.3, 0.4) is 0 Å². The molecule has 0 aromatic heterocycles. The molecule has 28 heavy (non-hydrogen) atoms. The Kier molecular flexibility index (Phi) is 7.69. The van der Waals surface area contributed by atoms with Crippen LogP contribution in [0.25, 0.3) is 6.08 Å². The van der Waals surface area contributed by atoms with E-state index in [2.05, 4.69) is 15.5 Å². The van der Waals surface area contributed by atoms with Crippen LogP contribution in [0.2, 0.25) is 0 Å². The summed E-state index contributed by atoms with van der Waals surface area (Å²) in [5.41, 5.74) is 0.0688.